The second kappa shape index (κ2) is 7.73. The number of nitrogens with zero attached hydrogens (tertiary/aromatic N) is 2. The Labute approximate surface area is 154 Å². The summed E-state index contributed by atoms with van der Waals surface area (Å²) in [5.41, 5.74) is -1.80. The predicted octanol–water partition coefficient (Wildman–Crippen LogP) is 3.45. The van der Waals surface area contributed by atoms with Crippen molar-refractivity contribution in [2.45, 2.75) is 59.4 Å². The Morgan fingerprint density at radius 2 is 1.67 bits per heavy atom. The maximum atomic E-state index is 13.2. The first-order valence-electron chi connectivity index (χ1n) is 7.95. The van der Waals surface area contributed by atoms with Crippen molar-refractivity contribution in [3.63, 3.8) is 0 Å². The van der Waals surface area contributed by atoms with Gasteiger partial charge in [-0.2, -0.15) is 13.2 Å². The maximum Gasteiger partial charge on any atom is 0.534 e. The minimum atomic E-state index is -4.99. The van der Waals surface area contributed by atoms with Crippen LogP contribution in [-0.4, -0.2) is 48.8 Å². The molecule has 0 N–H and O–H groups in total. The van der Waals surface area contributed by atoms with Crippen molar-refractivity contribution in [1.82, 2.24) is 0 Å². The summed E-state index contributed by atoms with van der Waals surface area (Å²) in [7, 11) is 0.998. The van der Waals surface area contributed by atoms with E-state index in [4.69, 9.17) is 9.47 Å². The van der Waals surface area contributed by atoms with Crippen molar-refractivity contribution < 1.29 is 41.8 Å². The number of esters is 1. The van der Waals surface area contributed by atoms with Gasteiger partial charge in [0.2, 0.25) is 5.90 Å². The first-order valence-corrected chi connectivity index (χ1v) is 7.95. The second-order valence-corrected chi connectivity index (χ2v) is 7.83. The van der Waals surface area contributed by atoms with Crippen molar-refractivity contribution in [2.75, 3.05) is 7.11 Å². The fraction of sp³-hybridized carbons (Fsp3) is 0.750. The van der Waals surface area contributed by atoms with Gasteiger partial charge in [-0.25, -0.2) is 14.6 Å². The van der Waals surface area contributed by atoms with Crippen LogP contribution in [0.2, 0.25) is 0 Å². The highest BCUT2D eigenvalue weighted by Gasteiger charge is 2.52. The zero-order valence-corrected chi connectivity index (χ0v) is 16.1. The van der Waals surface area contributed by atoms with Crippen LogP contribution < -0.4 is 0 Å². The lowest BCUT2D eigenvalue weighted by molar-refractivity contribution is -0.158. The molecule has 0 aliphatic carbocycles. The standard InChI is InChI=1S/C16H23F3N2O6/c1-14(2,3)8-9(11(22)26-15(4,5)6)20-12(16(17,18)19)25-10(8)21-27-13(23)24-7/h8-9H,1-7H3/b21-10+/t8-,9+/m1/s1. The minimum Gasteiger partial charge on any atom is -0.458 e. The van der Waals surface area contributed by atoms with Crippen LogP contribution >= 0.6 is 0 Å². The van der Waals surface area contributed by atoms with Crippen LogP contribution in [0.4, 0.5) is 18.0 Å². The summed E-state index contributed by atoms with van der Waals surface area (Å²) in [5, 5.41) is 3.33. The van der Waals surface area contributed by atoms with E-state index in [9.17, 15) is 22.8 Å². The number of methoxy groups -OCH3 is 1. The molecule has 8 nitrogen and oxygen atoms in total. The molecule has 0 bridgehead atoms. The Hall–Kier alpha value is -2.33. The van der Waals surface area contributed by atoms with Crippen LogP contribution in [0.1, 0.15) is 41.5 Å². The van der Waals surface area contributed by atoms with Crippen molar-refractivity contribution >= 4 is 23.9 Å². The third-order valence-corrected chi connectivity index (χ3v) is 3.24. The average Bonchev–Trinajstić information content (AvgIpc) is 2.47. The van der Waals surface area contributed by atoms with Gasteiger partial charge in [-0.05, 0) is 31.3 Å². The Balaban J connectivity index is 3.46. The number of halogens is 3. The van der Waals surface area contributed by atoms with Gasteiger partial charge in [0.25, 0.3) is 5.90 Å². The van der Waals surface area contributed by atoms with Crippen LogP contribution in [0.25, 0.3) is 0 Å². The Morgan fingerprint density at radius 1 is 1.11 bits per heavy atom. The van der Waals surface area contributed by atoms with E-state index in [1.807, 2.05) is 0 Å². The number of alkyl halides is 3. The van der Waals surface area contributed by atoms with E-state index in [-0.39, 0.29) is 0 Å². The molecule has 27 heavy (non-hydrogen) atoms. The summed E-state index contributed by atoms with van der Waals surface area (Å²) in [6, 6.07) is -1.60. The van der Waals surface area contributed by atoms with Gasteiger partial charge in [-0.15, -0.1) is 0 Å². The molecule has 1 aliphatic heterocycles. The summed E-state index contributed by atoms with van der Waals surface area (Å²) in [5.74, 6) is -4.40. The van der Waals surface area contributed by atoms with Gasteiger partial charge in [0.15, 0.2) is 6.04 Å². The third kappa shape index (κ3) is 6.40. The van der Waals surface area contributed by atoms with Crippen molar-refractivity contribution in [3.05, 3.63) is 0 Å². The molecule has 0 spiro atoms. The number of hydrogen-bond donors (Lipinski definition) is 0. The molecule has 0 aromatic carbocycles. The molecular weight excluding hydrogens is 373 g/mol. The van der Waals surface area contributed by atoms with E-state index in [1.54, 1.807) is 41.5 Å². The SMILES string of the molecule is COC(=O)O/N=C1/OC(C(F)(F)F)=N[C@H](C(=O)OC(C)(C)C)[C@H]1C(C)(C)C. The van der Waals surface area contributed by atoms with Gasteiger partial charge in [0.1, 0.15) is 5.60 Å². The van der Waals surface area contributed by atoms with Crippen LogP contribution in [0.3, 0.4) is 0 Å². The maximum absolute atomic E-state index is 13.2. The summed E-state index contributed by atoms with van der Waals surface area (Å²) >= 11 is 0. The molecule has 0 radical (unpaired) electrons. The number of carbonyl (C=O) groups is 2. The molecule has 0 saturated heterocycles. The lowest BCUT2D eigenvalue weighted by atomic mass is 9.75. The molecule has 0 amide bonds. The van der Waals surface area contributed by atoms with Gasteiger partial charge in [0, 0.05) is 0 Å². The molecule has 2 atom stereocenters. The monoisotopic (exact) mass is 396 g/mol. The Morgan fingerprint density at radius 3 is 2.07 bits per heavy atom. The zero-order chi connectivity index (χ0) is 21.2. The molecule has 11 heteroatoms. The van der Waals surface area contributed by atoms with Crippen LogP contribution in [0, 0.1) is 11.3 Å². The number of rotatable bonds is 2. The highest BCUT2D eigenvalue weighted by atomic mass is 19.4. The van der Waals surface area contributed by atoms with Crippen molar-refractivity contribution in [1.29, 1.82) is 0 Å². The smallest absolute Gasteiger partial charge is 0.458 e. The first-order chi connectivity index (χ1) is 12.1. The second-order valence-electron chi connectivity index (χ2n) is 7.83. The van der Waals surface area contributed by atoms with E-state index < -0.39 is 53.1 Å². The highest BCUT2D eigenvalue weighted by molar-refractivity contribution is 6.01. The molecule has 0 saturated carbocycles. The largest absolute Gasteiger partial charge is 0.534 e. The van der Waals surface area contributed by atoms with E-state index in [2.05, 4.69) is 19.7 Å². The third-order valence-electron chi connectivity index (χ3n) is 3.24. The Kier molecular flexibility index (Phi) is 6.50. The number of ether oxygens (including phenoxy) is 3. The molecule has 0 unspecified atom stereocenters. The molecule has 1 rings (SSSR count). The molecule has 0 aromatic rings. The lowest BCUT2D eigenvalue weighted by Gasteiger charge is -2.37. The normalized spacial score (nSPS) is 22.6. The van der Waals surface area contributed by atoms with Gasteiger partial charge in [-0.1, -0.05) is 20.8 Å². The van der Waals surface area contributed by atoms with Crippen LogP contribution in [0.5, 0.6) is 0 Å². The fourth-order valence-corrected chi connectivity index (χ4v) is 2.25. The molecular formula is C16H23F3N2O6. The summed E-state index contributed by atoms with van der Waals surface area (Å²) in [6.07, 6.45) is -6.25. The topological polar surface area (TPSA) is 95.8 Å². The predicted molar refractivity (Wildman–Crippen MR) is 88.1 cm³/mol. The summed E-state index contributed by atoms with van der Waals surface area (Å²) in [4.78, 5) is 31.5. The lowest BCUT2D eigenvalue weighted by Crippen LogP contribution is -2.51. The molecule has 0 aromatic heterocycles. The number of oxime groups is 1. The summed E-state index contributed by atoms with van der Waals surface area (Å²) in [6.45, 7) is 9.63. The average molecular weight is 396 g/mol. The number of carbonyl (C=O) groups excluding carboxylic acids is 2. The van der Waals surface area contributed by atoms with Crippen molar-refractivity contribution in [3.8, 4) is 0 Å². The highest BCUT2D eigenvalue weighted by Crippen LogP contribution is 2.37. The number of aliphatic imine (C=N–C) groups is 1. The first kappa shape index (κ1) is 22.7. The Bertz CT molecular complexity index is 644. The molecule has 1 aliphatic rings. The number of hydrogen-bond acceptors (Lipinski definition) is 8. The van der Waals surface area contributed by atoms with E-state index in [0.717, 1.165) is 7.11 Å². The molecule has 154 valence electrons. The zero-order valence-electron chi connectivity index (χ0n) is 16.1. The summed E-state index contributed by atoms with van der Waals surface area (Å²) < 4.78 is 53.7. The van der Waals surface area contributed by atoms with Gasteiger partial charge >= 0.3 is 18.3 Å². The van der Waals surface area contributed by atoms with Crippen LogP contribution in [0.15, 0.2) is 10.1 Å². The van der Waals surface area contributed by atoms with E-state index in [0.29, 0.717) is 0 Å². The van der Waals surface area contributed by atoms with Gasteiger partial charge < -0.3 is 14.2 Å². The quantitative estimate of drug-likeness (QED) is 0.403. The molecule has 1 heterocycles. The minimum absolute atomic E-state index is 0.633. The fourth-order valence-electron chi connectivity index (χ4n) is 2.25. The van der Waals surface area contributed by atoms with E-state index in [1.165, 1.54) is 0 Å². The van der Waals surface area contributed by atoms with Crippen LogP contribution in [-0.2, 0) is 23.8 Å². The van der Waals surface area contributed by atoms with Crippen molar-refractivity contribution in [2.24, 2.45) is 21.5 Å². The van der Waals surface area contributed by atoms with Gasteiger partial charge in [-0.3, -0.25) is 4.84 Å². The van der Waals surface area contributed by atoms with E-state index >= 15 is 0 Å². The van der Waals surface area contributed by atoms with Gasteiger partial charge in [0.05, 0.1) is 13.0 Å². The molecule has 0 fully saturated rings.